The third kappa shape index (κ3) is 4.28. The molecule has 0 aromatic heterocycles. The molecule has 0 bridgehead atoms. The summed E-state index contributed by atoms with van der Waals surface area (Å²) in [4.78, 5) is 15.1. The average Bonchev–Trinajstić information content (AvgIpc) is 2.41. The van der Waals surface area contributed by atoms with Crippen LogP contribution in [-0.2, 0) is 11.3 Å². The number of halogens is 1. The molecule has 1 aromatic carbocycles. The Hall–Kier alpha value is -1.46. The highest BCUT2D eigenvalue weighted by Crippen LogP contribution is 2.14. The summed E-state index contributed by atoms with van der Waals surface area (Å²) in [6, 6.07) is 4.92. The van der Waals surface area contributed by atoms with Crippen LogP contribution in [0.25, 0.3) is 0 Å². The van der Waals surface area contributed by atoms with Crippen LogP contribution in [0.1, 0.15) is 17.5 Å². The molecule has 1 saturated heterocycles. The van der Waals surface area contributed by atoms with Crippen LogP contribution < -0.4 is 0 Å². The van der Waals surface area contributed by atoms with Gasteiger partial charge in [-0.2, -0.15) is 0 Å². The fourth-order valence-corrected chi connectivity index (χ4v) is 2.50. The number of aryl methyl sites for hydroxylation is 1. The lowest BCUT2D eigenvalue weighted by Gasteiger charge is -2.34. The second-order valence-corrected chi connectivity index (χ2v) is 5.33. The van der Waals surface area contributed by atoms with Gasteiger partial charge in [0.05, 0.1) is 6.42 Å². The minimum atomic E-state index is -0.741. The van der Waals surface area contributed by atoms with Crippen molar-refractivity contribution >= 4 is 5.97 Å². The molecule has 0 atom stereocenters. The number of benzene rings is 1. The second kappa shape index (κ2) is 6.81. The molecule has 0 radical (unpaired) electrons. The van der Waals surface area contributed by atoms with E-state index in [1.165, 1.54) is 6.07 Å². The molecule has 0 amide bonds. The molecule has 20 heavy (non-hydrogen) atoms. The van der Waals surface area contributed by atoms with Crippen molar-refractivity contribution in [2.45, 2.75) is 19.9 Å². The Morgan fingerprint density at radius 1 is 1.25 bits per heavy atom. The Morgan fingerprint density at radius 3 is 2.50 bits per heavy atom. The Morgan fingerprint density at radius 2 is 1.90 bits per heavy atom. The van der Waals surface area contributed by atoms with Crippen LogP contribution in [0.5, 0.6) is 0 Å². The first kappa shape index (κ1) is 14.9. The first-order valence-corrected chi connectivity index (χ1v) is 6.96. The molecule has 110 valence electrons. The monoisotopic (exact) mass is 280 g/mol. The number of carboxylic acid groups (broad SMARTS) is 1. The average molecular weight is 280 g/mol. The number of carboxylic acids is 1. The van der Waals surface area contributed by atoms with E-state index in [-0.39, 0.29) is 12.2 Å². The summed E-state index contributed by atoms with van der Waals surface area (Å²) in [5.41, 5.74) is 2.14. The van der Waals surface area contributed by atoms with Gasteiger partial charge in [-0.1, -0.05) is 6.07 Å². The summed E-state index contributed by atoms with van der Waals surface area (Å²) in [6.45, 7) is 7.03. The molecule has 0 aliphatic carbocycles. The van der Waals surface area contributed by atoms with E-state index in [4.69, 9.17) is 5.11 Å². The topological polar surface area (TPSA) is 43.8 Å². The first-order valence-electron chi connectivity index (χ1n) is 6.96. The minimum Gasteiger partial charge on any atom is -0.481 e. The van der Waals surface area contributed by atoms with Crippen molar-refractivity contribution in [2.24, 2.45) is 0 Å². The zero-order valence-electron chi connectivity index (χ0n) is 11.8. The predicted octanol–water partition coefficient (Wildman–Crippen LogP) is 1.73. The highest BCUT2D eigenvalue weighted by Gasteiger charge is 2.17. The Balaban J connectivity index is 1.80. The predicted molar refractivity (Wildman–Crippen MR) is 75.1 cm³/mol. The molecule has 5 heteroatoms. The fourth-order valence-electron chi connectivity index (χ4n) is 2.50. The minimum absolute atomic E-state index is 0.190. The van der Waals surface area contributed by atoms with Crippen molar-refractivity contribution in [2.75, 3.05) is 32.7 Å². The molecule has 1 fully saturated rings. The number of nitrogens with zero attached hydrogens (tertiary/aromatic N) is 2. The largest absolute Gasteiger partial charge is 0.481 e. The molecule has 4 nitrogen and oxygen atoms in total. The Labute approximate surface area is 118 Å². The molecule has 1 aliphatic rings. The molecule has 2 rings (SSSR count). The zero-order valence-corrected chi connectivity index (χ0v) is 11.8. The maximum absolute atomic E-state index is 13.1. The summed E-state index contributed by atoms with van der Waals surface area (Å²) in [5.74, 6) is -0.931. The van der Waals surface area contributed by atoms with Crippen molar-refractivity contribution in [3.05, 3.63) is 35.1 Å². The van der Waals surface area contributed by atoms with Gasteiger partial charge in [-0.3, -0.25) is 9.69 Å². The second-order valence-electron chi connectivity index (χ2n) is 5.33. The van der Waals surface area contributed by atoms with Crippen LogP contribution in [0.2, 0.25) is 0 Å². The molecule has 1 aliphatic heterocycles. The molecule has 1 heterocycles. The van der Waals surface area contributed by atoms with Crippen molar-refractivity contribution < 1.29 is 14.3 Å². The van der Waals surface area contributed by atoms with E-state index in [0.717, 1.165) is 43.9 Å². The van der Waals surface area contributed by atoms with E-state index in [1.54, 1.807) is 6.07 Å². The van der Waals surface area contributed by atoms with Gasteiger partial charge in [-0.25, -0.2) is 4.39 Å². The highest BCUT2D eigenvalue weighted by atomic mass is 19.1. The standard InChI is InChI=1S/C15H21FN2O2/c1-12-10-14(16)3-2-13(12)11-18-8-6-17(7-9-18)5-4-15(19)20/h2-3,10H,4-9,11H2,1H3,(H,19,20). The number of aliphatic carboxylic acids is 1. The van der Waals surface area contributed by atoms with Crippen molar-refractivity contribution in [1.29, 1.82) is 0 Å². The third-order valence-electron chi connectivity index (χ3n) is 3.81. The van der Waals surface area contributed by atoms with Crippen LogP contribution >= 0.6 is 0 Å². The van der Waals surface area contributed by atoms with Gasteiger partial charge in [-0.15, -0.1) is 0 Å². The van der Waals surface area contributed by atoms with Crippen LogP contribution in [0.15, 0.2) is 18.2 Å². The van der Waals surface area contributed by atoms with E-state index in [9.17, 15) is 9.18 Å². The van der Waals surface area contributed by atoms with Gasteiger partial charge >= 0.3 is 5.97 Å². The summed E-state index contributed by atoms with van der Waals surface area (Å²) in [5, 5.41) is 8.68. The normalized spacial score (nSPS) is 17.3. The quantitative estimate of drug-likeness (QED) is 0.892. The first-order chi connectivity index (χ1) is 9.54. The van der Waals surface area contributed by atoms with Crippen LogP contribution in [0.3, 0.4) is 0 Å². The van der Waals surface area contributed by atoms with Gasteiger partial charge in [0, 0.05) is 39.3 Å². The van der Waals surface area contributed by atoms with Crippen molar-refractivity contribution in [1.82, 2.24) is 9.80 Å². The lowest BCUT2D eigenvalue weighted by atomic mass is 10.1. The van der Waals surface area contributed by atoms with Crippen molar-refractivity contribution in [3.8, 4) is 0 Å². The van der Waals surface area contributed by atoms with Gasteiger partial charge in [0.25, 0.3) is 0 Å². The van der Waals surface area contributed by atoms with Gasteiger partial charge in [0.15, 0.2) is 0 Å². The number of hydrogen-bond donors (Lipinski definition) is 1. The Bertz CT molecular complexity index is 471. The maximum atomic E-state index is 13.1. The van der Waals surface area contributed by atoms with E-state index >= 15 is 0 Å². The maximum Gasteiger partial charge on any atom is 0.304 e. The number of carbonyl (C=O) groups is 1. The molecule has 0 unspecified atom stereocenters. The van der Waals surface area contributed by atoms with Crippen LogP contribution in [0.4, 0.5) is 4.39 Å². The molecule has 0 saturated carbocycles. The van der Waals surface area contributed by atoms with Gasteiger partial charge in [-0.05, 0) is 30.2 Å². The summed E-state index contributed by atoms with van der Waals surface area (Å²) in [6.07, 6.45) is 0.205. The molecule has 1 N–H and O–H groups in total. The van der Waals surface area contributed by atoms with Crippen LogP contribution in [-0.4, -0.2) is 53.6 Å². The summed E-state index contributed by atoms with van der Waals surface area (Å²) in [7, 11) is 0. The number of piperazine rings is 1. The number of hydrogen-bond acceptors (Lipinski definition) is 3. The SMILES string of the molecule is Cc1cc(F)ccc1CN1CCN(CCC(=O)O)CC1. The van der Waals surface area contributed by atoms with E-state index in [1.807, 2.05) is 13.0 Å². The molecule has 0 spiro atoms. The zero-order chi connectivity index (χ0) is 14.5. The van der Waals surface area contributed by atoms with Crippen LogP contribution in [0, 0.1) is 12.7 Å². The molecular formula is C15H21FN2O2. The molecule has 1 aromatic rings. The summed E-state index contributed by atoms with van der Waals surface area (Å²) < 4.78 is 13.1. The summed E-state index contributed by atoms with van der Waals surface area (Å²) >= 11 is 0. The highest BCUT2D eigenvalue weighted by molar-refractivity contribution is 5.66. The van der Waals surface area contributed by atoms with E-state index < -0.39 is 5.97 Å². The van der Waals surface area contributed by atoms with E-state index in [2.05, 4.69) is 9.80 Å². The van der Waals surface area contributed by atoms with Gasteiger partial charge < -0.3 is 10.0 Å². The number of rotatable bonds is 5. The Kier molecular flexibility index (Phi) is 5.09. The van der Waals surface area contributed by atoms with Gasteiger partial charge in [0.1, 0.15) is 5.82 Å². The lowest BCUT2D eigenvalue weighted by Crippen LogP contribution is -2.46. The molecular weight excluding hydrogens is 259 g/mol. The fraction of sp³-hybridized carbons (Fsp3) is 0.533. The third-order valence-corrected chi connectivity index (χ3v) is 3.81. The smallest absolute Gasteiger partial charge is 0.304 e. The van der Waals surface area contributed by atoms with Gasteiger partial charge in [0.2, 0.25) is 0 Å². The van der Waals surface area contributed by atoms with Crippen molar-refractivity contribution in [3.63, 3.8) is 0 Å². The van der Waals surface area contributed by atoms with E-state index in [0.29, 0.717) is 6.54 Å². The lowest BCUT2D eigenvalue weighted by molar-refractivity contribution is -0.137.